The van der Waals surface area contributed by atoms with Crippen molar-refractivity contribution in [2.45, 2.75) is 25.9 Å². The van der Waals surface area contributed by atoms with E-state index in [9.17, 15) is 0 Å². The predicted octanol–water partition coefficient (Wildman–Crippen LogP) is 5.44. The van der Waals surface area contributed by atoms with Crippen LogP contribution < -0.4 is 5.32 Å². The summed E-state index contributed by atoms with van der Waals surface area (Å²) < 4.78 is 6.70. The van der Waals surface area contributed by atoms with Crippen molar-refractivity contribution in [3.8, 4) is 0 Å². The average Bonchev–Trinajstić information content (AvgIpc) is 2.93. The number of furan rings is 1. The minimum atomic E-state index is 0.353. The van der Waals surface area contributed by atoms with Gasteiger partial charge >= 0.3 is 0 Å². The highest BCUT2D eigenvalue weighted by Gasteiger charge is 2.11. The highest BCUT2D eigenvalue weighted by molar-refractivity contribution is 9.10. The number of fused-ring (bicyclic) bond motifs is 1. The molecule has 1 unspecified atom stereocenters. The van der Waals surface area contributed by atoms with Crippen LogP contribution in [0, 0.1) is 0 Å². The summed E-state index contributed by atoms with van der Waals surface area (Å²) in [5.41, 5.74) is 3.47. The van der Waals surface area contributed by atoms with Crippen molar-refractivity contribution >= 4 is 26.9 Å². The molecule has 3 rings (SSSR count). The third kappa shape index (κ3) is 3.20. The Labute approximate surface area is 133 Å². The van der Waals surface area contributed by atoms with E-state index >= 15 is 0 Å². The monoisotopic (exact) mass is 343 g/mol. The maximum Gasteiger partial charge on any atom is 0.134 e. The van der Waals surface area contributed by atoms with E-state index in [0.29, 0.717) is 6.04 Å². The van der Waals surface area contributed by atoms with Crippen LogP contribution in [0.2, 0.25) is 0 Å². The third-order valence-corrected chi connectivity index (χ3v) is 4.31. The van der Waals surface area contributed by atoms with E-state index in [1.807, 2.05) is 24.5 Å². The van der Waals surface area contributed by atoms with Crippen molar-refractivity contribution in [1.29, 1.82) is 0 Å². The van der Waals surface area contributed by atoms with Gasteiger partial charge in [-0.1, -0.05) is 53.2 Å². The summed E-state index contributed by atoms with van der Waals surface area (Å²) in [5, 5.41) is 4.81. The van der Waals surface area contributed by atoms with E-state index < -0.39 is 0 Å². The highest BCUT2D eigenvalue weighted by atomic mass is 79.9. The Morgan fingerprint density at radius 3 is 2.62 bits per heavy atom. The fourth-order valence-electron chi connectivity index (χ4n) is 2.60. The SMILES string of the molecule is CCC(NCc1coc2ccccc12)c1ccc(Br)cc1. The molecule has 1 aromatic heterocycles. The number of nitrogens with one attached hydrogen (secondary N) is 1. The molecule has 0 fully saturated rings. The summed E-state index contributed by atoms with van der Waals surface area (Å²) in [6, 6.07) is 17.0. The maximum absolute atomic E-state index is 5.59. The zero-order valence-electron chi connectivity index (χ0n) is 12.0. The average molecular weight is 344 g/mol. The van der Waals surface area contributed by atoms with Crippen molar-refractivity contribution in [1.82, 2.24) is 5.32 Å². The lowest BCUT2D eigenvalue weighted by atomic mass is 10.0. The van der Waals surface area contributed by atoms with Crippen LogP contribution in [0.25, 0.3) is 11.0 Å². The molecule has 3 heteroatoms. The van der Waals surface area contributed by atoms with Crippen LogP contribution in [0.3, 0.4) is 0 Å². The molecule has 1 N–H and O–H groups in total. The van der Waals surface area contributed by atoms with Gasteiger partial charge in [0.05, 0.1) is 6.26 Å². The Bertz CT molecular complexity index is 717. The van der Waals surface area contributed by atoms with Gasteiger partial charge in [-0.3, -0.25) is 0 Å². The Hall–Kier alpha value is -1.58. The lowest BCUT2D eigenvalue weighted by molar-refractivity contribution is 0.515. The normalized spacial score (nSPS) is 12.7. The van der Waals surface area contributed by atoms with Crippen LogP contribution in [0.15, 0.2) is 63.7 Å². The van der Waals surface area contributed by atoms with Gasteiger partial charge in [-0.2, -0.15) is 0 Å². The third-order valence-electron chi connectivity index (χ3n) is 3.78. The quantitative estimate of drug-likeness (QED) is 0.667. The van der Waals surface area contributed by atoms with Crippen molar-refractivity contribution in [3.63, 3.8) is 0 Å². The molecule has 1 atom stereocenters. The number of hydrogen-bond donors (Lipinski definition) is 1. The minimum absolute atomic E-state index is 0.353. The molecule has 0 bridgehead atoms. The van der Waals surface area contributed by atoms with Crippen LogP contribution >= 0.6 is 15.9 Å². The zero-order chi connectivity index (χ0) is 14.7. The fraction of sp³-hybridized carbons (Fsp3) is 0.222. The maximum atomic E-state index is 5.59. The molecule has 21 heavy (non-hydrogen) atoms. The molecule has 0 aliphatic rings. The lowest BCUT2D eigenvalue weighted by Crippen LogP contribution is -2.20. The lowest BCUT2D eigenvalue weighted by Gasteiger charge is -2.17. The fourth-order valence-corrected chi connectivity index (χ4v) is 2.86. The van der Waals surface area contributed by atoms with Crippen molar-refractivity contribution < 1.29 is 4.42 Å². The Kier molecular flexibility index (Phi) is 4.42. The van der Waals surface area contributed by atoms with E-state index in [1.54, 1.807) is 0 Å². The molecule has 0 aliphatic heterocycles. The Morgan fingerprint density at radius 1 is 1.10 bits per heavy atom. The molecule has 2 aromatic carbocycles. The summed E-state index contributed by atoms with van der Waals surface area (Å²) in [7, 11) is 0. The van der Waals surface area contributed by atoms with E-state index in [1.165, 1.54) is 16.5 Å². The summed E-state index contributed by atoms with van der Waals surface area (Å²) in [6.45, 7) is 3.01. The molecule has 0 saturated carbocycles. The molecule has 108 valence electrons. The van der Waals surface area contributed by atoms with Gasteiger partial charge in [0.15, 0.2) is 0 Å². The van der Waals surface area contributed by atoms with Gasteiger partial charge in [0.1, 0.15) is 5.58 Å². The summed E-state index contributed by atoms with van der Waals surface area (Å²) >= 11 is 3.48. The van der Waals surface area contributed by atoms with Crippen LogP contribution in [0.5, 0.6) is 0 Å². The molecular weight excluding hydrogens is 326 g/mol. The van der Waals surface area contributed by atoms with E-state index in [-0.39, 0.29) is 0 Å². The largest absolute Gasteiger partial charge is 0.464 e. The first kappa shape index (κ1) is 14.4. The molecule has 2 nitrogen and oxygen atoms in total. The van der Waals surface area contributed by atoms with Crippen LogP contribution in [-0.4, -0.2) is 0 Å². The van der Waals surface area contributed by atoms with Crippen LogP contribution in [-0.2, 0) is 6.54 Å². The molecular formula is C18H18BrNO. The van der Waals surface area contributed by atoms with Crippen LogP contribution in [0.4, 0.5) is 0 Å². The molecule has 0 aliphatic carbocycles. The second-order valence-corrected chi connectivity index (χ2v) is 6.07. The van der Waals surface area contributed by atoms with Gasteiger partial charge < -0.3 is 9.73 Å². The smallest absolute Gasteiger partial charge is 0.134 e. The predicted molar refractivity (Wildman–Crippen MR) is 90.2 cm³/mol. The summed E-state index contributed by atoms with van der Waals surface area (Å²) in [4.78, 5) is 0. The van der Waals surface area contributed by atoms with Gasteiger partial charge in [0, 0.05) is 28.0 Å². The van der Waals surface area contributed by atoms with Crippen molar-refractivity contribution in [2.24, 2.45) is 0 Å². The first-order chi connectivity index (χ1) is 10.3. The van der Waals surface area contributed by atoms with Gasteiger partial charge in [-0.25, -0.2) is 0 Å². The number of benzene rings is 2. The highest BCUT2D eigenvalue weighted by Crippen LogP contribution is 2.23. The standard InChI is InChI=1S/C18H18BrNO/c1-2-17(13-7-9-15(19)10-8-13)20-11-14-12-21-18-6-4-3-5-16(14)18/h3-10,12,17,20H,2,11H2,1H3. The van der Waals surface area contributed by atoms with E-state index in [0.717, 1.165) is 23.0 Å². The second kappa shape index (κ2) is 6.46. The van der Waals surface area contributed by atoms with Gasteiger partial charge in [0.25, 0.3) is 0 Å². The molecule has 0 spiro atoms. The molecule has 1 heterocycles. The topological polar surface area (TPSA) is 25.2 Å². The molecule has 0 amide bonds. The first-order valence-corrected chi connectivity index (χ1v) is 8.01. The van der Waals surface area contributed by atoms with Crippen molar-refractivity contribution in [3.05, 3.63) is 70.4 Å². The summed E-state index contributed by atoms with van der Waals surface area (Å²) in [5.74, 6) is 0. The van der Waals surface area contributed by atoms with E-state index in [4.69, 9.17) is 4.42 Å². The number of hydrogen-bond acceptors (Lipinski definition) is 2. The number of halogens is 1. The summed E-state index contributed by atoms with van der Waals surface area (Å²) in [6.07, 6.45) is 2.91. The zero-order valence-corrected chi connectivity index (χ0v) is 13.6. The van der Waals surface area contributed by atoms with Gasteiger partial charge in [0.2, 0.25) is 0 Å². The molecule has 0 radical (unpaired) electrons. The Balaban J connectivity index is 1.74. The van der Waals surface area contributed by atoms with Crippen LogP contribution in [0.1, 0.15) is 30.5 Å². The van der Waals surface area contributed by atoms with Gasteiger partial charge in [-0.05, 0) is 30.2 Å². The minimum Gasteiger partial charge on any atom is -0.464 e. The van der Waals surface area contributed by atoms with E-state index in [2.05, 4.69) is 58.5 Å². The number of rotatable bonds is 5. The molecule has 3 aromatic rings. The van der Waals surface area contributed by atoms with Gasteiger partial charge in [-0.15, -0.1) is 0 Å². The second-order valence-electron chi connectivity index (χ2n) is 5.15. The number of para-hydroxylation sites is 1. The first-order valence-electron chi connectivity index (χ1n) is 7.22. The van der Waals surface area contributed by atoms with Crippen molar-refractivity contribution in [2.75, 3.05) is 0 Å². The Morgan fingerprint density at radius 2 is 1.86 bits per heavy atom. The molecule has 0 saturated heterocycles.